The summed E-state index contributed by atoms with van der Waals surface area (Å²) in [5, 5.41) is 3.12. The van der Waals surface area contributed by atoms with Crippen LogP contribution < -0.4 is 5.32 Å². The quantitative estimate of drug-likeness (QED) is 0.421. The van der Waals surface area contributed by atoms with E-state index in [2.05, 4.69) is 11.2 Å². The van der Waals surface area contributed by atoms with Gasteiger partial charge in [0, 0.05) is 12.5 Å². The largest absolute Gasteiger partial charge is 0.305 e. The molecule has 0 spiro atoms. The summed E-state index contributed by atoms with van der Waals surface area (Å²) in [5.41, 5.74) is 0. The highest BCUT2D eigenvalue weighted by molar-refractivity contribution is 6.05. The molecule has 0 aromatic rings. The number of carbonyl (C=O) groups is 2. The molecule has 0 saturated carbocycles. The van der Waals surface area contributed by atoms with Crippen LogP contribution in [-0.2, 0) is 9.59 Å². The lowest BCUT2D eigenvalue weighted by molar-refractivity contribution is -0.141. The van der Waals surface area contributed by atoms with Crippen LogP contribution in [0.2, 0.25) is 0 Å². The number of likely N-dealkylation sites (tertiary alicyclic amines) is 1. The predicted molar refractivity (Wildman–Crippen MR) is 70.7 cm³/mol. The Kier molecular flexibility index (Phi) is 5.87. The Labute approximate surface area is 109 Å². The van der Waals surface area contributed by atoms with Gasteiger partial charge in [-0.05, 0) is 25.8 Å². The Hall–Kier alpha value is -1.34. The molecule has 1 aliphatic heterocycles. The van der Waals surface area contributed by atoms with Gasteiger partial charge in [0.15, 0.2) is 0 Å². The van der Waals surface area contributed by atoms with Crippen molar-refractivity contribution in [2.45, 2.75) is 58.0 Å². The van der Waals surface area contributed by atoms with E-state index in [0.717, 1.165) is 19.3 Å². The van der Waals surface area contributed by atoms with Crippen LogP contribution in [0.15, 0.2) is 0 Å². The molecule has 4 nitrogen and oxygen atoms in total. The Morgan fingerprint density at radius 1 is 1.44 bits per heavy atom. The standard InChI is InChI=1S/C14H22N2O2/c1-4-7-8-9-15-12-10-13(17)16(14(12)18)11(5-2)6-3/h1,11-12,15H,5-10H2,2-3H3. The van der Waals surface area contributed by atoms with Crippen LogP contribution in [0, 0.1) is 12.3 Å². The van der Waals surface area contributed by atoms with E-state index in [4.69, 9.17) is 6.42 Å². The smallest absolute Gasteiger partial charge is 0.247 e. The SMILES string of the molecule is C#CCCCNC1CC(=O)N(C(CC)CC)C1=O. The number of rotatable bonds is 7. The Balaban J connectivity index is 2.53. The number of hydrogen-bond acceptors (Lipinski definition) is 3. The highest BCUT2D eigenvalue weighted by atomic mass is 16.2. The number of nitrogens with zero attached hydrogens (tertiary/aromatic N) is 1. The molecule has 0 bridgehead atoms. The van der Waals surface area contributed by atoms with Gasteiger partial charge in [0.05, 0.1) is 12.5 Å². The molecule has 100 valence electrons. The Morgan fingerprint density at radius 3 is 2.67 bits per heavy atom. The molecule has 1 N–H and O–H groups in total. The Morgan fingerprint density at radius 2 is 2.11 bits per heavy atom. The Bertz CT molecular complexity index is 342. The van der Waals surface area contributed by atoms with Crippen molar-refractivity contribution in [2.24, 2.45) is 0 Å². The molecule has 1 aliphatic rings. The number of nitrogens with one attached hydrogen (secondary N) is 1. The highest BCUT2D eigenvalue weighted by Crippen LogP contribution is 2.20. The number of amides is 2. The highest BCUT2D eigenvalue weighted by Gasteiger charge is 2.40. The van der Waals surface area contributed by atoms with Gasteiger partial charge in [-0.15, -0.1) is 12.3 Å². The van der Waals surface area contributed by atoms with Gasteiger partial charge in [-0.2, -0.15) is 0 Å². The second kappa shape index (κ2) is 7.17. The third-order valence-corrected chi connectivity index (χ3v) is 3.38. The number of hydrogen-bond donors (Lipinski definition) is 1. The van der Waals surface area contributed by atoms with Gasteiger partial charge in [-0.25, -0.2) is 0 Å². The van der Waals surface area contributed by atoms with Crippen LogP contribution in [-0.4, -0.2) is 35.3 Å². The van der Waals surface area contributed by atoms with Crippen molar-refractivity contribution in [3.05, 3.63) is 0 Å². The normalized spacial score (nSPS) is 19.7. The van der Waals surface area contributed by atoms with Gasteiger partial charge >= 0.3 is 0 Å². The van der Waals surface area contributed by atoms with Crippen molar-refractivity contribution in [3.8, 4) is 12.3 Å². The zero-order chi connectivity index (χ0) is 13.5. The molecule has 4 heteroatoms. The minimum Gasteiger partial charge on any atom is -0.305 e. The van der Waals surface area contributed by atoms with E-state index in [9.17, 15) is 9.59 Å². The van der Waals surface area contributed by atoms with Crippen molar-refractivity contribution in [1.82, 2.24) is 10.2 Å². The molecule has 1 atom stereocenters. The first-order valence-electron chi connectivity index (χ1n) is 6.68. The van der Waals surface area contributed by atoms with Crippen LogP contribution in [0.4, 0.5) is 0 Å². The fourth-order valence-corrected chi connectivity index (χ4v) is 2.31. The zero-order valence-corrected chi connectivity index (χ0v) is 11.2. The fraction of sp³-hybridized carbons (Fsp3) is 0.714. The first-order valence-corrected chi connectivity index (χ1v) is 6.68. The summed E-state index contributed by atoms with van der Waals surface area (Å²) in [5.74, 6) is 2.43. The minimum absolute atomic E-state index is 0.0440. The number of imide groups is 1. The van der Waals surface area contributed by atoms with Crippen molar-refractivity contribution in [3.63, 3.8) is 0 Å². The van der Waals surface area contributed by atoms with E-state index >= 15 is 0 Å². The van der Waals surface area contributed by atoms with Crippen LogP contribution in [0.25, 0.3) is 0 Å². The molecule has 1 heterocycles. The molecule has 1 unspecified atom stereocenters. The molecule has 1 fully saturated rings. The molecule has 1 saturated heterocycles. The molecule has 0 aromatic heterocycles. The van der Waals surface area contributed by atoms with Crippen molar-refractivity contribution < 1.29 is 9.59 Å². The molecular formula is C14H22N2O2. The summed E-state index contributed by atoms with van der Waals surface area (Å²) >= 11 is 0. The topological polar surface area (TPSA) is 49.4 Å². The van der Waals surface area contributed by atoms with Crippen molar-refractivity contribution >= 4 is 11.8 Å². The fourth-order valence-electron chi connectivity index (χ4n) is 2.31. The molecule has 1 rings (SSSR count). The zero-order valence-electron chi connectivity index (χ0n) is 11.2. The van der Waals surface area contributed by atoms with E-state index in [0.29, 0.717) is 13.0 Å². The first-order chi connectivity index (χ1) is 8.65. The number of terminal acetylenes is 1. The van der Waals surface area contributed by atoms with Gasteiger partial charge < -0.3 is 5.32 Å². The monoisotopic (exact) mass is 250 g/mol. The van der Waals surface area contributed by atoms with Crippen LogP contribution >= 0.6 is 0 Å². The second-order valence-electron chi connectivity index (χ2n) is 4.59. The summed E-state index contributed by atoms with van der Waals surface area (Å²) < 4.78 is 0. The summed E-state index contributed by atoms with van der Waals surface area (Å²) in [4.78, 5) is 25.5. The van der Waals surface area contributed by atoms with E-state index in [1.807, 2.05) is 13.8 Å². The predicted octanol–water partition coefficient (Wildman–Crippen LogP) is 1.31. The van der Waals surface area contributed by atoms with Crippen molar-refractivity contribution in [2.75, 3.05) is 6.54 Å². The maximum Gasteiger partial charge on any atom is 0.247 e. The van der Waals surface area contributed by atoms with E-state index in [-0.39, 0.29) is 30.3 Å². The summed E-state index contributed by atoms with van der Waals surface area (Å²) in [6.45, 7) is 4.69. The lowest BCUT2D eigenvalue weighted by Gasteiger charge is -2.24. The average Bonchev–Trinajstić information content (AvgIpc) is 2.64. The van der Waals surface area contributed by atoms with Gasteiger partial charge in [-0.1, -0.05) is 13.8 Å². The van der Waals surface area contributed by atoms with Gasteiger partial charge in [0.2, 0.25) is 11.8 Å². The lowest BCUT2D eigenvalue weighted by Crippen LogP contribution is -2.43. The molecule has 18 heavy (non-hydrogen) atoms. The van der Waals surface area contributed by atoms with Crippen LogP contribution in [0.1, 0.15) is 46.0 Å². The summed E-state index contributed by atoms with van der Waals surface area (Å²) in [6.07, 6.45) is 8.61. The number of carbonyl (C=O) groups excluding carboxylic acids is 2. The van der Waals surface area contributed by atoms with Crippen molar-refractivity contribution in [1.29, 1.82) is 0 Å². The summed E-state index contributed by atoms with van der Waals surface area (Å²) in [6, 6.07) is -0.307. The van der Waals surface area contributed by atoms with Gasteiger partial charge in [-0.3, -0.25) is 14.5 Å². The molecule has 0 radical (unpaired) electrons. The minimum atomic E-state index is -0.351. The molecule has 0 aliphatic carbocycles. The van der Waals surface area contributed by atoms with Crippen LogP contribution in [0.3, 0.4) is 0 Å². The number of unbranched alkanes of at least 4 members (excludes halogenated alkanes) is 1. The lowest BCUT2D eigenvalue weighted by atomic mass is 10.1. The van der Waals surface area contributed by atoms with E-state index < -0.39 is 0 Å². The summed E-state index contributed by atoms with van der Waals surface area (Å²) in [7, 11) is 0. The third-order valence-electron chi connectivity index (χ3n) is 3.38. The van der Waals surface area contributed by atoms with Crippen LogP contribution in [0.5, 0.6) is 0 Å². The maximum atomic E-state index is 12.1. The maximum absolute atomic E-state index is 12.1. The molecule has 2 amide bonds. The third kappa shape index (κ3) is 3.33. The molecular weight excluding hydrogens is 228 g/mol. The average molecular weight is 250 g/mol. The van der Waals surface area contributed by atoms with Gasteiger partial charge in [0.1, 0.15) is 0 Å². The van der Waals surface area contributed by atoms with Gasteiger partial charge in [0.25, 0.3) is 0 Å². The first kappa shape index (κ1) is 14.7. The van der Waals surface area contributed by atoms with E-state index in [1.165, 1.54) is 4.90 Å². The van der Waals surface area contributed by atoms with E-state index in [1.54, 1.807) is 0 Å². The second-order valence-corrected chi connectivity index (χ2v) is 4.59. The molecule has 0 aromatic carbocycles.